The number of nitrogens with zero attached hydrogens (tertiary/aromatic N) is 3. The molecular formula is C16H14ClN5O7S2. The van der Waals surface area contributed by atoms with Crippen molar-refractivity contribution in [1.29, 1.82) is 0 Å². The second-order valence-electron chi connectivity index (χ2n) is 6.01. The SMILES string of the molecule is Nc1nc(/C(=N/OCC(=O)O)C(=O)NC2C(=O)N3C(C(=O)O)=C(/C=C/Cl)CS[C@H]23)cs1. The van der Waals surface area contributed by atoms with Gasteiger partial charge >= 0.3 is 11.9 Å². The number of carboxylic acid groups (broad SMARTS) is 2. The Labute approximate surface area is 187 Å². The molecule has 2 aliphatic rings. The van der Waals surface area contributed by atoms with E-state index in [2.05, 4.69) is 20.3 Å². The lowest BCUT2D eigenvalue weighted by Gasteiger charge is -2.49. The maximum atomic E-state index is 12.8. The summed E-state index contributed by atoms with van der Waals surface area (Å²) in [5, 5.41) is 25.1. The lowest BCUT2D eigenvalue weighted by atomic mass is 10.0. The number of nitrogens with one attached hydrogen (secondary N) is 1. The van der Waals surface area contributed by atoms with Gasteiger partial charge in [0.25, 0.3) is 11.8 Å². The standard InChI is InChI=1S/C16H14ClN5O7S2/c17-2-1-6-4-30-14-10(13(26)22(14)11(6)15(27)28)20-12(25)9(21-29-3-8(23)24)7-5-31-16(18)19-7/h1-2,5,10,14H,3-4H2,(H2,18,19)(H,20,25)(H,23,24)(H,27,28)/b2-1+,21-9-/t10?,14-/m1/s1. The van der Waals surface area contributed by atoms with Crippen molar-refractivity contribution in [3.05, 3.63) is 34.0 Å². The summed E-state index contributed by atoms with van der Waals surface area (Å²) in [6, 6.07) is -1.03. The Bertz CT molecular complexity index is 1040. The Kier molecular flexibility index (Phi) is 6.82. The first-order valence-corrected chi connectivity index (χ1v) is 10.7. The number of hydrogen-bond acceptors (Lipinski definition) is 10. The number of β-lactam (4-membered cyclic amide) rings is 1. The fourth-order valence-electron chi connectivity index (χ4n) is 2.81. The zero-order valence-corrected chi connectivity index (χ0v) is 17.7. The Morgan fingerprint density at radius 2 is 2.19 bits per heavy atom. The fraction of sp³-hybridized carbons (Fsp3) is 0.250. The number of thioether (sulfide) groups is 1. The van der Waals surface area contributed by atoms with E-state index in [9.17, 15) is 24.3 Å². The van der Waals surface area contributed by atoms with E-state index in [0.29, 0.717) is 5.57 Å². The van der Waals surface area contributed by atoms with Gasteiger partial charge in [0.1, 0.15) is 22.8 Å². The van der Waals surface area contributed by atoms with Crippen LogP contribution in [-0.2, 0) is 24.0 Å². The van der Waals surface area contributed by atoms with Crippen LogP contribution >= 0.6 is 34.7 Å². The largest absolute Gasteiger partial charge is 0.479 e. The average molecular weight is 488 g/mol. The lowest BCUT2D eigenvalue weighted by Crippen LogP contribution is -2.71. The Morgan fingerprint density at radius 1 is 1.45 bits per heavy atom. The lowest BCUT2D eigenvalue weighted by molar-refractivity contribution is -0.150. The predicted octanol–water partition coefficient (Wildman–Crippen LogP) is 0.0217. The highest BCUT2D eigenvalue weighted by Gasteiger charge is 2.54. The number of amides is 2. The van der Waals surface area contributed by atoms with Gasteiger partial charge in [-0.1, -0.05) is 16.8 Å². The van der Waals surface area contributed by atoms with Crippen LogP contribution in [0.2, 0.25) is 0 Å². The van der Waals surface area contributed by atoms with Gasteiger partial charge in [-0.3, -0.25) is 14.5 Å². The van der Waals surface area contributed by atoms with E-state index in [1.165, 1.54) is 23.2 Å². The van der Waals surface area contributed by atoms with Crippen molar-refractivity contribution in [3.63, 3.8) is 0 Å². The quantitative estimate of drug-likeness (QED) is 0.221. The number of nitrogens with two attached hydrogens (primary N) is 1. The molecule has 31 heavy (non-hydrogen) atoms. The van der Waals surface area contributed by atoms with Crippen LogP contribution in [0.15, 0.2) is 33.4 Å². The molecule has 1 aromatic heterocycles. The molecule has 5 N–H and O–H groups in total. The Hall–Kier alpha value is -3.10. The number of aliphatic carboxylic acids is 2. The molecule has 0 bridgehead atoms. The fourth-order valence-corrected chi connectivity index (χ4v) is 4.83. The number of hydrogen-bond donors (Lipinski definition) is 4. The van der Waals surface area contributed by atoms with Crippen LogP contribution in [-0.4, -0.2) is 73.3 Å². The smallest absolute Gasteiger partial charge is 0.352 e. The summed E-state index contributed by atoms with van der Waals surface area (Å²) >= 11 is 7.81. The van der Waals surface area contributed by atoms with Crippen LogP contribution in [0.3, 0.4) is 0 Å². The van der Waals surface area contributed by atoms with Crippen molar-refractivity contribution in [2.75, 3.05) is 18.1 Å². The Morgan fingerprint density at radius 3 is 2.77 bits per heavy atom. The van der Waals surface area contributed by atoms with E-state index in [-0.39, 0.29) is 28.0 Å². The van der Waals surface area contributed by atoms with Crippen molar-refractivity contribution in [1.82, 2.24) is 15.2 Å². The zero-order valence-electron chi connectivity index (χ0n) is 15.4. The van der Waals surface area contributed by atoms with Gasteiger partial charge < -0.3 is 26.1 Å². The van der Waals surface area contributed by atoms with Gasteiger partial charge in [0, 0.05) is 16.7 Å². The molecule has 15 heteroatoms. The monoisotopic (exact) mass is 487 g/mol. The molecule has 0 saturated carbocycles. The molecule has 3 rings (SSSR count). The van der Waals surface area contributed by atoms with Gasteiger partial charge in [0.15, 0.2) is 10.8 Å². The predicted molar refractivity (Wildman–Crippen MR) is 111 cm³/mol. The molecule has 2 amide bonds. The summed E-state index contributed by atoms with van der Waals surface area (Å²) in [5.41, 5.74) is 6.54. The molecule has 0 aromatic carbocycles. The highest BCUT2D eigenvalue weighted by Crippen LogP contribution is 2.40. The second-order valence-corrected chi connectivity index (χ2v) is 8.26. The van der Waals surface area contributed by atoms with E-state index in [1.807, 2.05) is 0 Å². The summed E-state index contributed by atoms with van der Waals surface area (Å²) in [7, 11) is 0. The van der Waals surface area contributed by atoms with E-state index >= 15 is 0 Å². The maximum absolute atomic E-state index is 12.8. The first-order valence-electron chi connectivity index (χ1n) is 8.36. The molecule has 0 radical (unpaired) electrons. The molecule has 2 atom stereocenters. The summed E-state index contributed by atoms with van der Waals surface area (Å²) < 4.78 is 0. The van der Waals surface area contributed by atoms with Crippen molar-refractivity contribution in [2.45, 2.75) is 11.4 Å². The number of thiazole rings is 1. The number of carbonyl (C=O) groups excluding carboxylic acids is 2. The van der Waals surface area contributed by atoms with Gasteiger partial charge in [0.05, 0.1) is 0 Å². The molecule has 1 unspecified atom stereocenters. The number of halogens is 1. The minimum Gasteiger partial charge on any atom is -0.479 e. The molecule has 0 aliphatic carbocycles. The summed E-state index contributed by atoms with van der Waals surface area (Å²) in [6.07, 6.45) is 1.39. The van der Waals surface area contributed by atoms with Crippen LogP contribution in [0.1, 0.15) is 5.69 Å². The van der Waals surface area contributed by atoms with Crippen molar-refractivity contribution in [3.8, 4) is 0 Å². The van der Waals surface area contributed by atoms with E-state index in [4.69, 9.17) is 22.4 Å². The summed E-state index contributed by atoms with van der Waals surface area (Å²) in [4.78, 5) is 57.3. The normalized spacial score (nSPS) is 21.0. The summed E-state index contributed by atoms with van der Waals surface area (Å²) in [5.74, 6) is -3.83. The number of oxime groups is 1. The van der Waals surface area contributed by atoms with Crippen molar-refractivity contribution >= 4 is 69.3 Å². The van der Waals surface area contributed by atoms with Gasteiger partial charge in [-0.15, -0.1) is 23.1 Å². The molecule has 3 heterocycles. The minimum atomic E-state index is -1.31. The van der Waals surface area contributed by atoms with Gasteiger partial charge in [-0.05, 0) is 11.6 Å². The van der Waals surface area contributed by atoms with Crippen LogP contribution in [0.5, 0.6) is 0 Å². The van der Waals surface area contributed by atoms with Gasteiger partial charge in [-0.2, -0.15) is 0 Å². The number of carbonyl (C=O) groups is 4. The number of aromatic nitrogens is 1. The number of rotatable bonds is 8. The Balaban J connectivity index is 1.80. The van der Waals surface area contributed by atoms with Crippen LogP contribution < -0.4 is 11.1 Å². The molecule has 1 aromatic rings. The molecule has 2 aliphatic heterocycles. The van der Waals surface area contributed by atoms with Crippen LogP contribution in [0.4, 0.5) is 5.13 Å². The third-order valence-corrected chi connectivity index (χ3v) is 6.18. The average Bonchev–Trinajstić information content (AvgIpc) is 3.14. The van der Waals surface area contributed by atoms with E-state index < -0.39 is 41.8 Å². The molecule has 1 saturated heterocycles. The minimum absolute atomic E-state index is 0.0333. The summed E-state index contributed by atoms with van der Waals surface area (Å²) in [6.45, 7) is -0.797. The van der Waals surface area contributed by atoms with Gasteiger partial charge in [-0.25, -0.2) is 14.6 Å². The number of allylic oxidation sites excluding steroid dienone is 1. The highest BCUT2D eigenvalue weighted by atomic mass is 35.5. The number of nitrogen functional groups attached to an aromatic ring is 1. The molecular weight excluding hydrogens is 474 g/mol. The van der Waals surface area contributed by atoms with Gasteiger partial charge in [0.2, 0.25) is 6.61 Å². The third-order valence-electron chi connectivity index (χ3n) is 4.07. The topological polar surface area (TPSA) is 185 Å². The second kappa shape index (κ2) is 9.36. The molecule has 1 fully saturated rings. The zero-order chi connectivity index (χ0) is 22.7. The molecule has 164 valence electrons. The molecule has 12 nitrogen and oxygen atoms in total. The highest BCUT2D eigenvalue weighted by molar-refractivity contribution is 8.00. The molecule has 0 spiro atoms. The van der Waals surface area contributed by atoms with Crippen molar-refractivity contribution < 1.29 is 34.2 Å². The number of anilines is 1. The third kappa shape index (κ3) is 4.65. The number of carboxylic acids is 2. The first kappa shape index (κ1) is 22.6. The van der Waals surface area contributed by atoms with Crippen LogP contribution in [0, 0.1) is 0 Å². The maximum Gasteiger partial charge on any atom is 0.352 e. The van der Waals surface area contributed by atoms with E-state index in [0.717, 1.165) is 21.8 Å². The van der Waals surface area contributed by atoms with Crippen LogP contribution in [0.25, 0.3) is 0 Å². The number of fused-ring (bicyclic) bond motifs is 1. The van der Waals surface area contributed by atoms with E-state index in [1.54, 1.807) is 0 Å². The van der Waals surface area contributed by atoms with Crippen molar-refractivity contribution in [2.24, 2.45) is 5.16 Å². The first-order chi connectivity index (χ1) is 14.7.